The molecule has 0 saturated carbocycles. The van der Waals surface area contributed by atoms with Crippen molar-refractivity contribution in [2.24, 2.45) is 5.73 Å². The minimum Gasteiger partial charge on any atom is -0.511 e. The molecular formula is C24H37Cl2NOS2. The van der Waals surface area contributed by atoms with Gasteiger partial charge < -0.3 is 10.8 Å². The van der Waals surface area contributed by atoms with Gasteiger partial charge in [0.25, 0.3) is 0 Å². The Morgan fingerprint density at radius 1 is 1.17 bits per heavy atom. The van der Waals surface area contributed by atoms with Gasteiger partial charge in [0.15, 0.2) is 0 Å². The van der Waals surface area contributed by atoms with Crippen LogP contribution in [0, 0.1) is 0 Å². The first-order valence-electron chi connectivity index (χ1n) is 10.5. The standard InChI is InChI=1S/C20H25Cl2NOS2.2C2H6/c1-13(24)18(23)6-8-25-9-7-20(2,3)19-10-14(12-26-19)16-5-4-15(21)11-17(16)22;2*1-2/h4-5,10-12,18,24H,1,6-9,23H2,2-3H3;2*1-2H3. The van der Waals surface area contributed by atoms with Crippen molar-refractivity contribution in [3.63, 3.8) is 0 Å². The van der Waals surface area contributed by atoms with Crippen molar-refractivity contribution in [3.05, 3.63) is 56.9 Å². The maximum atomic E-state index is 9.24. The number of aliphatic hydroxyl groups excluding tert-OH is 1. The zero-order valence-electron chi connectivity index (χ0n) is 19.1. The predicted molar refractivity (Wildman–Crippen MR) is 142 cm³/mol. The van der Waals surface area contributed by atoms with Crippen molar-refractivity contribution < 1.29 is 5.11 Å². The van der Waals surface area contributed by atoms with E-state index in [9.17, 15) is 5.11 Å². The average Bonchev–Trinajstić information content (AvgIpc) is 3.21. The van der Waals surface area contributed by atoms with Crippen molar-refractivity contribution in [2.45, 2.75) is 65.8 Å². The van der Waals surface area contributed by atoms with E-state index in [1.807, 2.05) is 51.6 Å². The van der Waals surface area contributed by atoms with Crippen LogP contribution in [0.3, 0.4) is 0 Å². The molecule has 3 N–H and O–H groups in total. The molecule has 0 amide bonds. The Morgan fingerprint density at radius 3 is 2.37 bits per heavy atom. The molecule has 2 nitrogen and oxygen atoms in total. The van der Waals surface area contributed by atoms with Crippen molar-refractivity contribution in [3.8, 4) is 11.1 Å². The number of nitrogens with two attached hydrogens (primary N) is 1. The Kier molecular flexibility index (Phi) is 14.9. The molecule has 1 atom stereocenters. The predicted octanol–water partition coefficient (Wildman–Crippen LogP) is 8.96. The largest absolute Gasteiger partial charge is 0.511 e. The third kappa shape index (κ3) is 9.65. The number of thiophene rings is 1. The Hall–Kier alpha value is -0.650. The molecule has 2 aromatic rings. The molecule has 0 aliphatic heterocycles. The van der Waals surface area contributed by atoms with E-state index in [1.54, 1.807) is 17.4 Å². The molecular weight excluding hydrogens is 453 g/mol. The van der Waals surface area contributed by atoms with Crippen molar-refractivity contribution in [1.29, 1.82) is 0 Å². The Balaban J connectivity index is 0.00000198. The first-order valence-corrected chi connectivity index (χ1v) is 13.3. The normalized spacial score (nSPS) is 11.6. The maximum Gasteiger partial charge on any atom is 0.102 e. The van der Waals surface area contributed by atoms with Gasteiger partial charge in [0.1, 0.15) is 5.76 Å². The first kappa shape index (κ1) is 29.4. The molecule has 0 aliphatic rings. The van der Waals surface area contributed by atoms with Crippen LogP contribution in [0.2, 0.25) is 10.0 Å². The summed E-state index contributed by atoms with van der Waals surface area (Å²) in [5.41, 5.74) is 8.02. The van der Waals surface area contributed by atoms with Crippen LogP contribution in [0.15, 0.2) is 42.0 Å². The molecule has 0 aliphatic carbocycles. The molecule has 0 bridgehead atoms. The van der Waals surface area contributed by atoms with Gasteiger partial charge in [0.2, 0.25) is 0 Å². The third-order valence-electron chi connectivity index (χ3n) is 4.38. The lowest BCUT2D eigenvalue weighted by molar-refractivity contribution is 0.367. The van der Waals surface area contributed by atoms with E-state index >= 15 is 0 Å². The third-order valence-corrected chi connectivity index (χ3v) is 7.24. The highest BCUT2D eigenvalue weighted by atomic mass is 35.5. The van der Waals surface area contributed by atoms with E-state index in [0.29, 0.717) is 10.0 Å². The quantitative estimate of drug-likeness (QED) is 0.272. The average molecular weight is 491 g/mol. The molecule has 0 spiro atoms. The van der Waals surface area contributed by atoms with E-state index < -0.39 is 0 Å². The van der Waals surface area contributed by atoms with Crippen LogP contribution in [0.25, 0.3) is 11.1 Å². The maximum absolute atomic E-state index is 9.24. The highest BCUT2D eigenvalue weighted by Gasteiger charge is 2.23. The fourth-order valence-corrected chi connectivity index (χ4v) is 5.35. The van der Waals surface area contributed by atoms with Gasteiger partial charge in [-0.2, -0.15) is 11.8 Å². The van der Waals surface area contributed by atoms with Crippen LogP contribution >= 0.6 is 46.3 Å². The summed E-state index contributed by atoms with van der Waals surface area (Å²) >= 11 is 16.0. The van der Waals surface area contributed by atoms with Gasteiger partial charge in [-0.3, -0.25) is 0 Å². The molecule has 1 heterocycles. The van der Waals surface area contributed by atoms with Crippen LogP contribution in [0.1, 0.15) is 59.3 Å². The number of halogens is 2. The van der Waals surface area contributed by atoms with E-state index in [0.717, 1.165) is 35.5 Å². The van der Waals surface area contributed by atoms with Crippen LogP contribution < -0.4 is 5.73 Å². The Labute approximate surface area is 201 Å². The van der Waals surface area contributed by atoms with Crippen LogP contribution in [0.4, 0.5) is 0 Å². The van der Waals surface area contributed by atoms with Crippen molar-refractivity contribution >= 4 is 46.3 Å². The lowest BCUT2D eigenvalue weighted by Gasteiger charge is -2.23. The second-order valence-electron chi connectivity index (χ2n) is 6.96. The zero-order valence-corrected chi connectivity index (χ0v) is 22.2. The van der Waals surface area contributed by atoms with Crippen LogP contribution in [-0.2, 0) is 5.41 Å². The molecule has 1 unspecified atom stereocenters. The van der Waals surface area contributed by atoms with Gasteiger partial charge in [0.05, 0.1) is 6.04 Å². The minimum atomic E-state index is -0.320. The SMILES string of the molecule is C=C(O)C(N)CCSCCC(C)(C)c1cc(-c2ccc(Cl)cc2Cl)cs1.CC.CC. The summed E-state index contributed by atoms with van der Waals surface area (Å²) in [6.45, 7) is 16.0. The van der Waals surface area contributed by atoms with Crippen LogP contribution in [0.5, 0.6) is 0 Å². The number of thioether (sulfide) groups is 1. The van der Waals surface area contributed by atoms with Crippen molar-refractivity contribution in [1.82, 2.24) is 0 Å². The highest BCUT2D eigenvalue weighted by Crippen LogP contribution is 2.39. The van der Waals surface area contributed by atoms with Gasteiger partial charge in [-0.05, 0) is 58.9 Å². The summed E-state index contributed by atoms with van der Waals surface area (Å²) in [4.78, 5) is 1.35. The molecule has 6 heteroatoms. The molecule has 1 aromatic heterocycles. The van der Waals surface area contributed by atoms with Gasteiger partial charge in [-0.25, -0.2) is 0 Å². The molecule has 0 fully saturated rings. The fourth-order valence-electron chi connectivity index (χ4n) is 2.49. The lowest BCUT2D eigenvalue weighted by atomic mass is 9.88. The number of hydrogen-bond acceptors (Lipinski definition) is 4. The van der Waals surface area contributed by atoms with E-state index in [1.165, 1.54) is 4.88 Å². The second kappa shape index (κ2) is 15.2. The van der Waals surface area contributed by atoms with Crippen molar-refractivity contribution in [2.75, 3.05) is 11.5 Å². The smallest absolute Gasteiger partial charge is 0.102 e. The Morgan fingerprint density at radius 2 is 1.80 bits per heavy atom. The summed E-state index contributed by atoms with van der Waals surface area (Å²) in [7, 11) is 0. The second-order valence-corrected chi connectivity index (χ2v) is 9.94. The van der Waals surface area contributed by atoms with Gasteiger partial charge in [-0.15, -0.1) is 11.3 Å². The molecule has 1 aromatic carbocycles. The molecule has 0 saturated heterocycles. The molecule has 30 heavy (non-hydrogen) atoms. The minimum absolute atomic E-state index is 0.0675. The number of hydrogen-bond donors (Lipinski definition) is 2. The molecule has 2 rings (SSSR count). The van der Waals surface area contributed by atoms with E-state index in [4.69, 9.17) is 28.9 Å². The zero-order chi connectivity index (χ0) is 23.3. The van der Waals surface area contributed by atoms with Gasteiger partial charge in [0, 0.05) is 20.5 Å². The summed E-state index contributed by atoms with van der Waals surface area (Å²) in [5.74, 6) is 2.04. The first-order chi connectivity index (χ1) is 14.2. The molecule has 170 valence electrons. The Bertz CT molecular complexity index is 759. The summed E-state index contributed by atoms with van der Waals surface area (Å²) in [5, 5.41) is 12.7. The fraction of sp³-hybridized carbons (Fsp3) is 0.500. The van der Waals surface area contributed by atoms with E-state index in [2.05, 4.69) is 31.9 Å². The monoisotopic (exact) mass is 489 g/mol. The topological polar surface area (TPSA) is 46.2 Å². The van der Waals surface area contributed by atoms with Crippen LogP contribution in [-0.4, -0.2) is 22.7 Å². The summed E-state index contributed by atoms with van der Waals surface area (Å²) < 4.78 is 0. The number of benzene rings is 1. The number of aliphatic hydroxyl groups is 1. The number of rotatable bonds is 9. The highest BCUT2D eigenvalue weighted by molar-refractivity contribution is 7.99. The van der Waals surface area contributed by atoms with Gasteiger partial charge in [-0.1, -0.05) is 77.4 Å². The lowest BCUT2D eigenvalue weighted by Crippen LogP contribution is -2.22. The van der Waals surface area contributed by atoms with E-state index in [-0.39, 0.29) is 17.2 Å². The summed E-state index contributed by atoms with van der Waals surface area (Å²) in [6, 6.07) is 7.53. The molecule has 0 radical (unpaired) electrons. The van der Waals surface area contributed by atoms with Gasteiger partial charge >= 0.3 is 0 Å². The summed E-state index contributed by atoms with van der Waals surface area (Å²) in [6.07, 6.45) is 1.82.